The highest BCUT2D eigenvalue weighted by Crippen LogP contribution is 2.19. The van der Waals surface area contributed by atoms with Crippen LogP contribution in [0.3, 0.4) is 0 Å². The second kappa shape index (κ2) is 7.56. The number of nitrogens with zero attached hydrogens (tertiary/aromatic N) is 1. The van der Waals surface area contributed by atoms with Crippen LogP contribution in [0.15, 0.2) is 28.7 Å². The van der Waals surface area contributed by atoms with Gasteiger partial charge in [-0.15, -0.1) is 0 Å². The Bertz CT molecular complexity index is 521. The van der Waals surface area contributed by atoms with E-state index >= 15 is 0 Å². The number of nitrogens with one attached hydrogen (secondary N) is 1. The van der Waals surface area contributed by atoms with Crippen LogP contribution in [0.1, 0.15) is 12.0 Å². The zero-order valence-electron chi connectivity index (χ0n) is 12.0. The summed E-state index contributed by atoms with van der Waals surface area (Å²) in [5, 5.41) is 2.90. The minimum atomic E-state index is -0.267. The first-order valence-corrected chi connectivity index (χ1v) is 7.69. The first kappa shape index (κ1) is 16.0. The van der Waals surface area contributed by atoms with Crippen molar-refractivity contribution in [3.05, 3.63) is 34.3 Å². The van der Waals surface area contributed by atoms with Crippen molar-refractivity contribution in [2.45, 2.75) is 13.0 Å². The molecule has 1 heterocycles. The van der Waals surface area contributed by atoms with Crippen LogP contribution in [0.5, 0.6) is 0 Å². The summed E-state index contributed by atoms with van der Waals surface area (Å²) in [6, 6.07) is 7.75. The van der Waals surface area contributed by atoms with Crippen molar-refractivity contribution in [1.82, 2.24) is 10.2 Å². The number of carbonyl (C=O) groups excluding carboxylic acids is 2. The molecule has 1 aliphatic heterocycles. The maximum atomic E-state index is 12.2. The Morgan fingerprint density at radius 1 is 1.48 bits per heavy atom. The molecule has 5 nitrogen and oxygen atoms in total. The molecule has 0 spiro atoms. The number of hydrogen-bond acceptors (Lipinski definition) is 3. The molecule has 114 valence electrons. The van der Waals surface area contributed by atoms with Crippen LogP contribution in [0.25, 0.3) is 0 Å². The van der Waals surface area contributed by atoms with E-state index in [-0.39, 0.29) is 24.2 Å². The summed E-state index contributed by atoms with van der Waals surface area (Å²) in [4.78, 5) is 25.7. The van der Waals surface area contributed by atoms with Gasteiger partial charge in [-0.3, -0.25) is 9.59 Å². The summed E-state index contributed by atoms with van der Waals surface area (Å²) in [6.45, 7) is 1.98. The van der Waals surface area contributed by atoms with Crippen LogP contribution >= 0.6 is 15.9 Å². The van der Waals surface area contributed by atoms with Gasteiger partial charge in [0, 0.05) is 37.6 Å². The molecule has 1 aromatic carbocycles. The highest BCUT2D eigenvalue weighted by molar-refractivity contribution is 9.10. The fourth-order valence-electron chi connectivity index (χ4n) is 2.33. The third-order valence-electron chi connectivity index (χ3n) is 3.56. The Balaban J connectivity index is 1.84. The number of benzene rings is 1. The number of likely N-dealkylation sites (tertiary alicyclic amines) is 1. The molecule has 1 atom stereocenters. The number of carbonyl (C=O) groups is 2. The summed E-state index contributed by atoms with van der Waals surface area (Å²) in [7, 11) is 1.60. The summed E-state index contributed by atoms with van der Waals surface area (Å²) in [6.07, 6.45) is 0.283. The first-order valence-electron chi connectivity index (χ1n) is 6.89. The van der Waals surface area contributed by atoms with Gasteiger partial charge in [0.2, 0.25) is 11.8 Å². The number of methoxy groups -OCH3 is 1. The number of halogens is 1. The fraction of sp³-hybridized carbons (Fsp3) is 0.467. The molecule has 1 saturated heterocycles. The largest absolute Gasteiger partial charge is 0.383 e. The van der Waals surface area contributed by atoms with Gasteiger partial charge in [-0.2, -0.15) is 0 Å². The summed E-state index contributed by atoms with van der Waals surface area (Å²) < 4.78 is 5.93. The summed E-state index contributed by atoms with van der Waals surface area (Å²) >= 11 is 3.45. The lowest BCUT2D eigenvalue weighted by atomic mass is 10.1. The van der Waals surface area contributed by atoms with Crippen LogP contribution in [-0.4, -0.2) is 43.5 Å². The van der Waals surface area contributed by atoms with Crippen LogP contribution < -0.4 is 5.32 Å². The predicted molar refractivity (Wildman–Crippen MR) is 82.6 cm³/mol. The van der Waals surface area contributed by atoms with Crippen LogP contribution in [-0.2, 0) is 20.9 Å². The van der Waals surface area contributed by atoms with E-state index in [9.17, 15) is 9.59 Å². The minimum absolute atomic E-state index is 0.0214. The molecular formula is C15H19BrN2O3. The van der Waals surface area contributed by atoms with Gasteiger partial charge in [-0.05, 0) is 11.6 Å². The molecule has 0 aromatic heterocycles. The standard InChI is InChI=1S/C15H19BrN2O3/c1-21-7-6-18-10-12(8-14(18)19)15(20)17-9-11-4-2-3-5-13(11)16/h2-5,12H,6-10H2,1H3,(H,17,20)/t12-/m0/s1. The fourth-order valence-corrected chi connectivity index (χ4v) is 2.76. The number of rotatable bonds is 6. The molecule has 1 aromatic rings. The Hall–Kier alpha value is -1.40. The van der Waals surface area contributed by atoms with Gasteiger partial charge in [0.15, 0.2) is 0 Å². The molecule has 6 heteroatoms. The van der Waals surface area contributed by atoms with Crippen LogP contribution in [0, 0.1) is 5.92 Å². The molecule has 1 aliphatic rings. The number of amides is 2. The van der Waals surface area contributed by atoms with E-state index in [1.165, 1.54) is 0 Å². The maximum Gasteiger partial charge on any atom is 0.225 e. The van der Waals surface area contributed by atoms with E-state index in [1.807, 2.05) is 24.3 Å². The van der Waals surface area contributed by atoms with Gasteiger partial charge in [-0.1, -0.05) is 34.1 Å². The molecule has 2 amide bonds. The highest BCUT2D eigenvalue weighted by Gasteiger charge is 2.33. The molecule has 21 heavy (non-hydrogen) atoms. The SMILES string of the molecule is COCCN1C[C@@H](C(=O)NCc2ccccc2Br)CC1=O. The minimum Gasteiger partial charge on any atom is -0.383 e. The molecule has 0 saturated carbocycles. The van der Waals surface area contributed by atoms with E-state index in [0.29, 0.717) is 26.2 Å². The Kier molecular flexibility index (Phi) is 5.76. The van der Waals surface area contributed by atoms with Crippen molar-refractivity contribution < 1.29 is 14.3 Å². The Morgan fingerprint density at radius 3 is 2.95 bits per heavy atom. The zero-order valence-corrected chi connectivity index (χ0v) is 13.6. The van der Waals surface area contributed by atoms with Crippen molar-refractivity contribution in [1.29, 1.82) is 0 Å². The smallest absolute Gasteiger partial charge is 0.225 e. The van der Waals surface area contributed by atoms with Crippen molar-refractivity contribution in [3.63, 3.8) is 0 Å². The van der Waals surface area contributed by atoms with Gasteiger partial charge in [0.25, 0.3) is 0 Å². The summed E-state index contributed by atoms with van der Waals surface area (Å²) in [5.41, 5.74) is 1.02. The Morgan fingerprint density at radius 2 is 2.24 bits per heavy atom. The van der Waals surface area contributed by atoms with E-state index in [4.69, 9.17) is 4.74 Å². The summed E-state index contributed by atoms with van der Waals surface area (Å²) in [5.74, 6) is -0.316. The zero-order chi connectivity index (χ0) is 15.2. The van der Waals surface area contributed by atoms with E-state index in [0.717, 1.165) is 10.0 Å². The molecule has 0 radical (unpaired) electrons. The Labute approximate surface area is 132 Å². The molecule has 0 unspecified atom stereocenters. The lowest BCUT2D eigenvalue weighted by Crippen LogP contribution is -2.33. The molecule has 1 fully saturated rings. The average Bonchev–Trinajstić information content (AvgIpc) is 2.85. The van der Waals surface area contributed by atoms with Gasteiger partial charge < -0.3 is 15.0 Å². The van der Waals surface area contributed by atoms with Crippen molar-refractivity contribution in [2.75, 3.05) is 26.8 Å². The van der Waals surface area contributed by atoms with Crippen LogP contribution in [0.2, 0.25) is 0 Å². The van der Waals surface area contributed by atoms with Gasteiger partial charge >= 0.3 is 0 Å². The maximum absolute atomic E-state index is 12.2. The molecule has 0 aliphatic carbocycles. The normalized spacial score (nSPS) is 18.1. The van der Waals surface area contributed by atoms with Gasteiger partial charge in [0.1, 0.15) is 0 Å². The molecule has 1 N–H and O–H groups in total. The topological polar surface area (TPSA) is 58.6 Å². The third-order valence-corrected chi connectivity index (χ3v) is 4.34. The quantitative estimate of drug-likeness (QED) is 0.843. The van der Waals surface area contributed by atoms with Crippen LogP contribution in [0.4, 0.5) is 0 Å². The van der Waals surface area contributed by atoms with Crippen molar-refractivity contribution >= 4 is 27.7 Å². The van der Waals surface area contributed by atoms with Crippen molar-refractivity contribution in [2.24, 2.45) is 5.92 Å². The number of hydrogen-bond donors (Lipinski definition) is 1. The van der Waals surface area contributed by atoms with E-state index in [2.05, 4.69) is 21.2 Å². The number of ether oxygens (including phenoxy) is 1. The second-order valence-electron chi connectivity index (χ2n) is 5.04. The highest BCUT2D eigenvalue weighted by atomic mass is 79.9. The second-order valence-corrected chi connectivity index (χ2v) is 5.90. The van der Waals surface area contributed by atoms with E-state index < -0.39 is 0 Å². The van der Waals surface area contributed by atoms with Gasteiger partial charge in [0.05, 0.1) is 12.5 Å². The lowest BCUT2D eigenvalue weighted by molar-refractivity contribution is -0.129. The molecule has 2 rings (SSSR count). The average molecular weight is 355 g/mol. The molecular weight excluding hydrogens is 336 g/mol. The first-order chi connectivity index (χ1) is 10.1. The monoisotopic (exact) mass is 354 g/mol. The molecule has 0 bridgehead atoms. The van der Waals surface area contributed by atoms with Gasteiger partial charge in [-0.25, -0.2) is 0 Å². The lowest BCUT2D eigenvalue weighted by Gasteiger charge is -2.16. The van der Waals surface area contributed by atoms with Crippen molar-refractivity contribution in [3.8, 4) is 0 Å². The van der Waals surface area contributed by atoms with E-state index in [1.54, 1.807) is 12.0 Å². The third kappa shape index (κ3) is 4.28. The predicted octanol–water partition coefficient (Wildman–Crippen LogP) is 1.56.